The van der Waals surface area contributed by atoms with Crippen molar-refractivity contribution in [2.75, 3.05) is 18.4 Å². The molecule has 1 fully saturated rings. The number of fused-ring (bicyclic) bond motifs is 1. The largest absolute Gasteiger partial charge is 0.488 e. The van der Waals surface area contributed by atoms with Crippen LogP contribution in [0.25, 0.3) is 0 Å². The highest BCUT2D eigenvalue weighted by Gasteiger charge is 2.31. The number of hydrogen-bond donors (Lipinski definition) is 2. The van der Waals surface area contributed by atoms with E-state index in [0.717, 1.165) is 16.8 Å². The SMILES string of the molecule is O=C1CCc2cc(O[C@@H]3CCN(C(=O)CCc4ccccc4Cl)C[C@H]3O)ccc2N1. The quantitative estimate of drug-likeness (QED) is 0.766. The molecule has 6 nitrogen and oxygen atoms in total. The summed E-state index contributed by atoms with van der Waals surface area (Å²) in [5.74, 6) is 0.711. The van der Waals surface area contributed by atoms with E-state index in [0.29, 0.717) is 49.4 Å². The number of ether oxygens (including phenoxy) is 1. The van der Waals surface area contributed by atoms with Gasteiger partial charge in [0.25, 0.3) is 0 Å². The number of anilines is 1. The number of amides is 2. The number of β-amino-alcohol motifs (C(OH)–C–C–N with tert-alkyl or cyclic N) is 1. The molecule has 4 rings (SSSR count). The van der Waals surface area contributed by atoms with Crippen molar-refractivity contribution in [1.82, 2.24) is 4.90 Å². The molecule has 0 spiro atoms. The third-order valence-corrected chi connectivity index (χ3v) is 6.07. The van der Waals surface area contributed by atoms with Gasteiger partial charge in [0.05, 0.1) is 6.54 Å². The molecule has 0 saturated carbocycles. The fourth-order valence-electron chi connectivity index (χ4n) is 3.98. The summed E-state index contributed by atoms with van der Waals surface area (Å²) in [6.45, 7) is 0.803. The van der Waals surface area contributed by atoms with E-state index >= 15 is 0 Å². The number of carbonyl (C=O) groups is 2. The second-order valence-electron chi connectivity index (χ2n) is 7.81. The van der Waals surface area contributed by atoms with Gasteiger partial charge in [-0.15, -0.1) is 0 Å². The Kier molecular flexibility index (Phi) is 6.25. The lowest BCUT2D eigenvalue weighted by molar-refractivity contribution is -0.137. The second kappa shape index (κ2) is 9.06. The average molecular weight is 429 g/mol. The predicted octanol–water partition coefficient (Wildman–Crippen LogP) is 3.20. The maximum absolute atomic E-state index is 12.6. The molecule has 1 saturated heterocycles. The third kappa shape index (κ3) is 4.77. The number of rotatable bonds is 5. The first kappa shape index (κ1) is 20.7. The molecule has 0 aliphatic carbocycles. The van der Waals surface area contributed by atoms with E-state index in [1.807, 2.05) is 36.4 Å². The summed E-state index contributed by atoms with van der Waals surface area (Å²) >= 11 is 6.16. The number of piperidine rings is 1. The molecule has 2 amide bonds. The van der Waals surface area contributed by atoms with Crippen LogP contribution in [0.1, 0.15) is 30.4 Å². The molecule has 0 radical (unpaired) electrons. The number of halogens is 1. The molecule has 7 heteroatoms. The fourth-order valence-corrected chi connectivity index (χ4v) is 4.21. The van der Waals surface area contributed by atoms with Crippen LogP contribution >= 0.6 is 11.6 Å². The topological polar surface area (TPSA) is 78.9 Å². The van der Waals surface area contributed by atoms with Crippen LogP contribution in [0.2, 0.25) is 5.02 Å². The van der Waals surface area contributed by atoms with Gasteiger partial charge >= 0.3 is 0 Å². The summed E-state index contributed by atoms with van der Waals surface area (Å²) in [5, 5.41) is 14.1. The summed E-state index contributed by atoms with van der Waals surface area (Å²) in [5.41, 5.74) is 2.81. The number of carbonyl (C=O) groups excluding carboxylic acids is 2. The van der Waals surface area contributed by atoms with E-state index in [-0.39, 0.29) is 24.5 Å². The number of likely N-dealkylation sites (tertiary alicyclic amines) is 1. The van der Waals surface area contributed by atoms with Crippen LogP contribution in [0.5, 0.6) is 5.75 Å². The summed E-state index contributed by atoms with van der Waals surface area (Å²) in [6, 6.07) is 13.1. The average Bonchev–Trinajstić information content (AvgIpc) is 2.74. The van der Waals surface area contributed by atoms with Crippen LogP contribution in [-0.4, -0.2) is 47.1 Å². The van der Waals surface area contributed by atoms with Crippen molar-refractivity contribution in [3.05, 3.63) is 58.6 Å². The Morgan fingerprint density at radius 2 is 2.07 bits per heavy atom. The first-order valence-corrected chi connectivity index (χ1v) is 10.7. The molecule has 30 heavy (non-hydrogen) atoms. The third-order valence-electron chi connectivity index (χ3n) is 5.70. The minimum absolute atomic E-state index is 0.0111. The normalized spacial score (nSPS) is 21.0. The summed E-state index contributed by atoms with van der Waals surface area (Å²) < 4.78 is 6.02. The van der Waals surface area contributed by atoms with E-state index in [1.54, 1.807) is 11.0 Å². The van der Waals surface area contributed by atoms with Crippen LogP contribution < -0.4 is 10.1 Å². The molecule has 2 heterocycles. The minimum Gasteiger partial charge on any atom is -0.488 e. The molecule has 2 aromatic rings. The molecule has 2 atom stereocenters. The minimum atomic E-state index is -0.751. The van der Waals surface area contributed by atoms with Crippen LogP contribution in [0.3, 0.4) is 0 Å². The van der Waals surface area contributed by atoms with Crippen molar-refractivity contribution in [3.8, 4) is 5.75 Å². The lowest BCUT2D eigenvalue weighted by Gasteiger charge is -2.36. The molecular weight excluding hydrogens is 404 g/mol. The first-order chi connectivity index (χ1) is 14.5. The zero-order valence-electron chi connectivity index (χ0n) is 16.6. The Bertz CT molecular complexity index is 949. The zero-order chi connectivity index (χ0) is 21.1. The number of aliphatic hydroxyl groups is 1. The molecule has 0 unspecified atom stereocenters. The van der Waals surface area contributed by atoms with Gasteiger partial charge in [0.15, 0.2) is 0 Å². The number of hydrogen-bond acceptors (Lipinski definition) is 4. The molecule has 2 N–H and O–H groups in total. The van der Waals surface area contributed by atoms with Crippen molar-refractivity contribution in [3.63, 3.8) is 0 Å². The van der Waals surface area contributed by atoms with Crippen molar-refractivity contribution in [1.29, 1.82) is 0 Å². The van der Waals surface area contributed by atoms with E-state index in [9.17, 15) is 14.7 Å². The Balaban J connectivity index is 1.30. The molecular formula is C23H25ClN2O4. The Hall–Kier alpha value is -2.57. The van der Waals surface area contributed by atoms with E-state index in [1.165, 1.54) is 0 Å². The van der Waals surface area contributed by atoms with Gasteiger partial charge < -0.3 is 20.1 Å². The van der Waals surface area contributed by atoms with E-state index < -0.39 is 6.10 Å². The van der Waals surface area contributed by atoms with Crippen molar-refractivity contribution >= 4 is 29.1 Å². The summed E-state index contributed by atoms with van der Waals surface area (Å²) in [6.07, 6.45) is 1.53. The molecule has 2 aliphatic rings. The number of aryl methyl sites for hydroxylation is 2. The van der Waals surface area contributed by atoms with E-state index in [2.05, 4.69) is 5.32 Å². The van der Waals surface area contributed by atoms with Crippen molar-refractivity contribution in [2.45, 2.75) is 44.3 Å². The Labute approximate surface area is 180 Å². The highest BCUT2D eigenvalue weighted by molar-refractivity contribution is 6.31. The van der Waals surface area contributed by atoms with Gasteiger partial charge in [-0.2, -0.15) is 0 Å². The predicted molar refractivity (Wildman–Crippen MR) is 115 cm³/mol. The number of nitrogens with zero attached hydrogens (tertiary/aromatic N) is 1. The summed E-state index contributed by atoms with van der Waals surface area (Å²) in [7, 11) is 0. The van der Waals surface area contributed by atoms with Gasteiger partial charge in [-0.25, -0.2) is 0 Å². The molecule has 158 valence electrons. The van der Waals surface area contributed by atoms with Gasteiger partial charge in [-0.1, -0.05) is 29.8 Å². The standard InChI is InChI=1S/C23H25ClN2O4/c24-18-4-2-1-3-15(18)6-10-23(29)26-12-11-21(20(27)14-26)30-17-7-8-19-16(13-17)5-9-22(28)25-19/h1-4,7-8,13,20-21,27H,5-6,9-12,14H2,(H,25,28)/t20-,21-/m1/s1. The Morgan fingerprint density at radius 3 is 2.87 bits per heavy atom. The van der Waals surface area contributed by atoms with Gasteiger partial charge in [-0.05, 0) is 48.2 Å². The monoisotopic (exact) mass is 428 g/mol. The first-order valence-electron chi connectivity index (χ1n) is 10.3. The highest BCUT2D eigenvalue weighted by atomic mass is 35.5. The number of nitrogens with one attached hydrogen (secondary N) is 1. The van der Waals surface area contributed by atoms with Crippen LogP contribution in [-0.2, 0) is 22.4 Å². The van der Waals surface area contributed by atoms with Gasteiger partial charge in [0, 0.05) is 36.5 Å². The van der Waals surface area contributed by atoms with Crippen molar-refractivity contribution < 1.29 is 19.4 Å². The van der Waals surface area contributed by atoms with Gasteiger partial charge in [-0.3, -0.25) is 9.59 Å². The molecule has 0 bridgehead atoms. The molecule has 0 aromatic heterocycles. The lowest BCUT2D eigenvalue weighted by atomic mass is 10.0. The van der Waals surface area contributed by atoms with Gasteiger partial charge in [0.2, 0.25) is 11.8 Å². The zero-order valence-corrected chi connectivity index (χ0v) is 17.4. The van der Waals surface area contributed by atoms with Crippen LogP contribution in [0.15, 0.2) is 42.5 Å². The second-order valence-corrected chi connectivity index (χ2v) is 8.22. The number of aliphatic hydroxyl groups excluding tert-OH is 1. The van der Waals surface area contributed by atoms with Crippen LogP contribution in [0, 0.1) is 0 Å². The van der Waals surface area contributed by atoms with E-state index in [4.69, 9.17) is 16.3 Å². The lowest BCUT2D eigenvalue weighted by Crippen LogP contribution is -2.51. The highest BCUT2D eigenvalue weighted by Crippen LogP contribution is 2.28. The summed E-state index contributed by atoms with van der Waals surface area (Å²) in [4.78, 5) is 25.8. The van der Waals surface area contributed by atoms with Crippen molar-refractivity contribution in [2.24, 2.45) is 0 Å². The fraction of sp³-hybridized carbons (Fsp3) is 0.391. The smallest absolute Gasteiger partial charge is 0.224 e. The van der Waals surface area contributed by atoms with Crippen LogP contribution in [0.4, 0.5) is 5.69 Å². The Morgan fingerprint density at radius 1 is 1.23 bits per heavy atom. The maximum atomic E-state index is 12.6. The number of benzene rings is 2. The molecule has 2 aliphatic heterocycles. The maximum Gasteiger partial charge on any atom is 0.224 e. The van der Waals surface area contributed by atoms with Gasteiger partial charge in [0.1, 0.15) is 18.0 Å². The molecule has 2 aromatic carbocycles.